The van der Waals surface area contributed by atoms with Gasteiger partial charge in [-0.2, -0.15) is 0 Å². The van der Waals surface area contributed by atoms with Gasteiger partial charge in [0.2, 0.25) is 0 Å². The molecule has 0 aliphatic heterocycles. The van der Waals surface area contributed by atoms with Gasteiger partial charge in [0.05, 0.1) is 11.7 Å². The van der Waals surface area contributed by atoms with Crippen LogP contribution in [0, 0.1) is 0 Å². The topological polar surface area (TPSA) is 42.4 Å². The fourth-order valence-electron chi connectivity index (χ4n) is 1.43. The number of pyridine rings is 1. The van der Waals surface area contributed by atoms with Crippen LogP contribution < -0.4 is 0 Å². The molecule has 0 saturated carbocycles. The minimum absolute atomic E-state index is 0.522. The zero-order chi connectivity index (χ0) is 11.3. The van der Waals surface area contributed by atoms with E-state index in [-0.39, 0.29) is 0 Å². The Labute approximate surface area is 91.1 Å². The van der Waals surface area contributed by atoms with Gasteiger partial charge in [0.15, 0.2) is 0 Å². The summed E-state index contributed by atoms with van der Waals surface area (Å²) in [5, 5.41) is 10.00. The molecule has 1 unspecified atom stereocenters. The molecule has 1 atom stereocenters. The summed E-state index contributed by atoms with van der Waals surface area (Å²) in [6, 6.07) is 5.69. The Morgan fingerprint density at radius 3 is 2.73 bits per heavy atom. The van der Waals surface area contributed by atoms with Crippen LogP contribution >= 0.6 is 0 Å². The number of aliphatic hydroxyl groups is 1. The standard InChI is InChI=1S/C12H19NO2/c1-4-15-12(2,3)11(14)9-10-7-5-6-8-13-10/h5-8,11,14H,4,9H2,1-3H3. The second-order valence-corrected chi connectivity index (χ2v) is 4.08. The molecule has 0 aliphatic carbocycles. The highest BCUT2D eigenvalue weighted by Gasteiger charge is 2.28. The molecule has 15 heavy (non-hydrogen) atoms. The van der Waals surface area contributed by atoms with Crippen LogP contribution in [0.25, 0.3) is 0 Å². The van der Waals surface area contributed by atoms with Gasteiger partial charge in [-0.25, -0.2) is 0 Å². The third-order valence-corrected chi connectivity index (χ3v) is 2.45. The highest BCUT2D eigenvalue weighted by Crippen LogP contribution is 2.17. The predicted molar refractivity (Wildman–Crippen MR) is 59.7 cm³/mol. The number of nitrogens with zero attached hydrogens (tertiary/aromatic N) is 1. The lowest BCUT2D eigenvalue weighted by atomic mass is 9.97. The largest absolute Gasteiger partial charge is 0.390 e. The van der Waals surface area contributed by atoms with E-state index in [0.717, 1.165) is 5.69 Å². The van der Waals surface area contributed by atoms with Crippen molar-refractivity contribution in [2.75, 3.05) is 6.61 Å². The van der Waals surface area contributed by atoms with Crippen molar-refractivity contribution in [1.82, 2.24) is 4.98 Å². The van der Waals surface area contributed by atoms with E-state index < -0.39 is 11.7 Å². The highest BCUT2D eigenvalue weighted by molar-refractivity contribution is 5.05. The summed E-state index contributed by atoms with van der Waals surface area (Å²) in [5.41, 5.74) is 0.365. The van der Waals surface area contributed by atoms with E-state index in [1.165, 1.54) is 0 Å². The minimum atomic E-state index is -0.535. The highest BCUT2D eigenvalue weighted by atomic mass is 16.5. The Kier molecular flexibility index (Phi) is 4.24. The van der Waals surface area contributed by atoms with E-state index in [1.807, 2.05) is 39.0 Å². The lowest BCUT2D eigenvalue weighted by molar-refractivity contribution is -0.0958. The van der Waals surface area contributed by atoms with Crippen LogP contribution in [0.15, 0.2) is 24.4 Å². The lowest BCUT2D eigenvalue weighted by Crippen LogP contribution is -2.40. The van der Waals surface area contributed by atoms with Crippen LogP contribution in [0.5, 0.6) is 0 Å². The van der Waals surface area contributed by atoms with E-state index in [0.29, 0.717) is 13.0 Å². The Balaban J connectivity index is 2.59. The van der Waals surface area contributed by atoms with Gasteiger partial charge in [-0.15, -0.1) is 0 Å². The predicted octanol–water partition coefficient (Wildman–Crippen LogP) is 1.80. The molecule has 0 radical (unpaired) electrons. The second kappa shape index (κ2) is 5.24. The zero-order valence-corrected chi connectivity index (χ0v) is 9.60. The maximum absolute atomic E-state index is 10.00. The van der Waals surface area contributed by atoms with Gasteiger partial charge in [0.1, 0.15) is 0 Å². The fourth-order valence-corrected chi connectivity index (χ4v) is 1.43. The molecule has 0 saturated heterocycles. The maximum atomic E-state index is 10.00. The van der Waals surface area contributed by atoms with Crippen LogP contribution in [-0.4, -0.2) is 28.4 Å². The maximum Gasteiger partial charge on any atom is 0.0887 e. The van der Waals surface area contributed by atoms with Crippen molar-refractivity contribution in [1.29, 1.82) is 0 Å². The molecule has 1 heterocycles. The van der Waals surface area contributed by atoms with Crippen molar-refractivity contribution in [3.05, 3.63) is 30.1 Å². The summed E-state index contributed by atoms with van der Waals surface area (Å²) < 4.78 is 5.49. The average molecular weight is 209 g/mol. The average Bonchev–Trinajstić information content (AvgIpc) is 2.19. The van der Waals surface area contributed by atoms with Crippen molar-refractivity contribution in [2.45, 2.75) is 38.9 Å². The van der Waals surface area contributed by atoms with Crippen LogP contribution in [0.4, 0.5) is 0 Å². The van der Waals surface area contributed by atoms with E-state index >= 15 is 0 Å². The molecule has 0 aromatic carbocycles. The first-order valence-corrected chi connectivity index (χ1v) is 5.28. The summed E-state index contributed by atoms with van der Waals surface area (Å²) >= 11 is 0. The van der Waals surface area contributed by atoms with Crippen LogP contribution in [-0.2, 0) is 11.2 Å². The van der Waals surface area contributed by atoms with Gasteiger partial charge in [0.25, 0.3) is 0 Å². The smallest absolute Gasteiger partial charge is 0.0887 e. The molecule has 1 rings (SSSR count). The van der Waals surface area contributed by atoms with E-state index in [2.05, 4.69) is 4.98 Å². The van der Waals surface area contributed by atoms with Crippen LogP contribution in [0.3, 0.4) is 0 Å². The number of aromatic nitrogens is 1. The normalized spacial score (nSPS) is 13.9. The molecule has 3 heteroatoms. The zero-order valence-electron chi connectivity index (χ0n) is 9.60. The fraction of sp³-hybridized carbons (Fsp3) is 0.583. The Morgan fingerprint density at radius 2 is 2.20 bits per heavy atom. The molecular weight excluding hydrogens is 190 g/mol. The summed E-state index contributed by atoms with van der Waals surface area (Å²) in [6.45, 7) is 6.32. The van der Waals surface area contributed by atoms with Crippen molar-refractivity contribution in [3.63, 3.8) is 0 Å². The number of rotatable bonds is 5. The summed E-state index contributed by atoms with van der Waals surface area (Å²) in [6.07, 6.45) is 1.72. The second-order valence-electron chi connectivity index (χ2n) is 4.08. The van der Waals surface area contributed by atoms with Crippen molar-refractivity contribution in [2.24, 2.45) is 0 Å². The van der Waals surface area contributed by atoms with Crippen LogP contribution in [0.2, 0.25) is 0 Å². The van der Waals surface area contributed by atoms with Crippen molar-refractivity contribution in [3.8, 4) is 0 Å². The molecule has 0 spiro atoms. The molecule has 3 nitrogen and oxygen atoms in total. The molecule has 1 aromatic heterocycles. The minimum Gasteiger partial charge on any atom is -0.390 e. The Hall–Kier alpha value is -0.930. The van der Waals surface area contributed by atoms with Gasteiger partial charge < -0.3 is 9.84 Å². The number of aliphatic hydroxyl groups excluding tert-OH is 1. The van der Waals surface area contributed by atoms with Crippen molar-refractivity contribution >= 4 is 0 Å². The number of hydrogen-bond acceptors (Lipinski definition) is 3. The summed E-state index contributed by atoms with van der Waals surface area (Å²) in [7, 11) is 0. The first-order valence-electron chi connectivity index (χ1n) is 5.28. The number of ether oxygens (including phenoxy) is 1. The molecule has 0 bridgehead atoms. The summed E-state index contributed by atoms with van der Waals surface area (Å²) in [4.78, 5) is 4.18. The molecule has 1 aromatic rings. The third kappa shape index (κ3) is 3.61. The van der Waals surface area contributed by atoms with E-state index in [1.54, 1.807) is 6.20 Å². The van der Waals surface area contributed by atoms with Crippen LogP contribution in [0.1, 0.15) is 26.5 Å². The van der Waals surface area contributed by atoms with Gasteiger partial charge in [-0.3, -0.25) is 4.98 Å². The van der Waals surface area contributed by atoms with Gasteiger partial charge in [-0.05, 0) is 32.9 Å². The monoisotopic (exact) mass is 209 g/mol. The van der Waals surface area contributed by atoms with E-state index in [4.69, 9.17) is 4.74 Å². The quantitative estimate of drug-likeness (QED) is 0.804. The van der Waals surface area contributed by atoms with Crippen molar-refractivity contribution < 1.29 is 9.84 Å². The first kappa shape index (κ1) is 12.1. The molecule has 84 valence electrons. The van der Waals surface area contributed by atoms with Gasteiger partial charge >= 0.3 is 0 Å². The first-order chi connectivity index (χ1) is 7.06. The van der Waals surface area contributed by atoms with Gasteiger partial charge in [-0.1, -0.05) is 6.07 Å². The molecule has 0 amide bonds. The molecule has 1 N–H and O–H groups in total. The number of hydrogen-bond donors (Lipinski definition) is 1. The van der Waals surface area contributed by atoms with Gasteiger partial charge in [0, 0.05) is 24.9 Å². The Bertz CT molecular complexity index is 285. The summed E-state index contributed by atoms with van der Waals surface area (Å²) in [5.74, 6) is 0. The molecular formula is C12H19NO2. The van der Waals surface area contributed by atoms with E-state index in [9.17, 15) is 5.11 Å². The third-order valence-electron chi connectivity index (χ3n) is 2.45. The molecule has 0 aliphatic rings. The lowest BCUT2D eigenvalue weighted by Gasteiger charge is -2.30. The Morgan fingerprint density at radius 1 is 1.47 bits per heavy atom. The molecule has 0 fully saturated rings. The SMILES string of the molecule is CCOC(C)(C)C(O)Cc1ccccn1.